The fourth-order valence-corrected chi connectivity index (χ4v) is 5.04. The van der Waals surface area contributed by atoms with Crippen LogP contribution in [0.15, 0.2) is 58.9 Å². The van der Waals surface area contributed by atoms with Crippen molar-refractivity contribution >= 4 is 29.3 Å². The number of amides is 2. The second-order valence-electron chi connectivity index (χ2n) is 9.68. The summed E-state index contributed by atoms with van der Waals surface area (Å²) < 4.78 is 40.8. The monoisotopic (exact) mass is 549 g/mol. The van der Waals surface area contributed by atoms with E-state index in [9.17, 15) is 18.0 Å². The number of anilines is 4. The van der Waals surface area contributed by atoms with Crippen LogP contribution in [0.3, 0.4) is 0 Å². The zero-order valence-corrected chi connectivity index (χ0v) is 21.2. The van der Waals surface area contributed by atoms with Crippen molar-refractivity contribution in [3.63, 3.8) is 0 Å². The summed E-state index contributed by atoms with van der Waals surface area (Å²) in [5, 5.41) is 12.5. The van der Waals surface area contributed by atoms with Crippen LogP contribution < -0.4 is 20.4 Å². The van der Waals surface area contributed by atoms with E-state index in [0.717, 1.165) is 25.1 Å². The first-order chi connectivity index (χ1) is 19.3. The molecule has 1 aromatic carbocycles. The first kappa shape index (κ1) is 25.5. The number of nitrogens with zero attached hydrogens (tertiary/aromatic N) is 7. The number of hydrogen-bond donors (Lipinski definition) is 2. The summed E-state index contributed by atoms with van der Waals surface area (Å²) in [6, 6.07) is 10.6. The van der Waals surface area contributed by atoms with E-state index in [4.69, 9.17) is 11.4 Å². The molecule has 1 atom stereocenters. The maximum atomic E-state index is 13.6. The summed E-state index contributed by atoms with van der Waals surface area (Å²) in [5.74, 6) is 3.69. The number of carbonyl (C=O) groups excluding carboxylic acids is 1. The van der Waals surface area contributed by atoms with Gasteiger partial charge in [-0.3, -0.25) is 10.2 Å². The van der Waals surface area contributed by atoms with E-state index < -0.39 is 17.9 Å². The zero-order valence-electron chi connectivity index (χ0n) is 21.2. The smallest absolute Gasteiger partial charge is 0.366 e. The lowest BCUT2D eigenvalue weighted by Gasteiger charge is -2.35. The lowest BCUT2D eigenvalue weighted by atomic mass is 9.99. The van der Waals surface area contributed by atoms with Gasteiger partial charge in [0.05, 0.1) is 17.4 Å². The normalized spacial score (nSPS) is 18.2. The number of halogens is 3. The average Bonchev–Trinajstić information content (AvgIpc) is 3.68. The number of benzene rings is 1. The molecule has 0 aliphatic carbocycles. The number of pyridine rings is 1. The van der Waals surface area contributed by atoms with Crippen molar-refractivity contribution in [3.8, 4) is 23.6 Å². The fraction of sp³-hybridized carbons (Fsp3) is 0.333. The highest BCUT2D eigenvalue weighted by Gasteiger charge is 2.65. The number of carbonyl (C=O) groups is 1. The van der Waals surface area contributed by atoms with Crippen molar-refractivity contribution in [2.24, 2.45) is 10.2 Å². The average molecular weight is 550 g/mol. The van der Waals surface area contributed by atoms with E-state index in [1.165, 1.54) is 18.2 Å². The first-order valence-electron chi connectivity index (χ1n) is 12.8. The van der Waals surface area contributed by atoms with Crippen molar-refractivity contribution in [2.45, 2.75) is 37.1 Å². The van der Waals surface area contributed by atoms with E-state index >= 15 is 0 Å². The number of alkyl halides is 3. The van der Waals surface area contributed by atoms with Crippen molar-refractivity contribution in [3.05, 3.63) is 54.2 Å². The fourth-order valence-electron chi connectivity index (χ4n) is 5.04. The quantitative estimate of drug-likeness (QED) is 0.301. The summed E-state index contributed by atoms with van der Waals surface area (Å²) in [6.07, 6.45) is 4.33. The van der Waals surface area contributed by atoms with Crippen LogP contribution in [-0.2, 0) is 5.66 Å². The molecule has 1 saturated heterocycles. The lowest BCUT2D eigenvalue weighted by molar-refractivity contribution is -0.166. The number of fused-ring (bicyclic) bond motifs is 4. The predicted molar refractivity (Wildman–Crippen MR) is 145 cm³/mol. The SMILES string of the molecule is C#CCCCNc1nccc(NC(=O)N2c3nc(-c4cccc(C5(C(F)(F)F)N=N5)c4)ccc3N3CC[C@H]2C3)n1.[HH]. The zero-order chi connectivity index (χ0) is 27.9. The van der Waals surface area contributed by atoms with E-state index in [1.807, 2.05) is 6.07 Å². The highest BCUT2D eigenvalue weighted by atomic mass is 19.4. The summed E-state index contributed by atoms with van der Waals surface area (Å²) in [5.41, 5.74) is -0.935. The number of hydrogen-bond acceptors (Lipinski definition) is 8. The van der Waals surface area contributed by atoms with Gasteiger partial charge in [-0.2, -0.15) is 18.2 Å². The predicted octanol–water partition coefficient (Wildman–Crippen LogP) is 5.42. The van der Waals surface area contributed by atoms with Crippen molar-refractivity contribution < 1.29 is 19.4 Å². The van der Waals surface area contributed by atoms with Gasteiger partial charge in [-0.15, -0.1) is 22.6 Å². The summed E-state index contributed by atoms with van der Waals surface area (Å²) in [4.78, 5) is 30.7. The number of unbranched alkanes of at least 4 members (excludes halogenated alkanes) is 1. The molecule has 0 radical (unpaired) electrons. The molecule has 13 heteroatoms. The molecule has 3 aliphatic rings. The Morgan fingerprint density at radius 3 is 2.83 bits per heavy atom. The summed E-state index contributed by atoms with van der Waals surface area (Å²) in [6.45, 7) is 2.01. The van der Waals surface area contributed by atoms with Gasteiger partial charge in [-0.25, -0.2) is 14.8 Å². The van der Waals surface area contributed by atoms with Crippen LogP contribution in [0.1, 0.15) is 26.3 Å². The molecule has 0 spiro atoms. The second-order valence-corrected chi connectivity index (χ2v) is 9.68. The lowest BCUT2D eigenvalue weighted by Crippen LogP contribution is -2.48. The highest BCUT2D eigenvalue weighted by Crippen LogP contribution is 2.52. The van der Waals surface area contributed by atoms with Crippen LogP contribution in [-0.4, -0.2) is 52.8 Å². The largest absolute Gasteiger partial charge is 0.442 e. The van der Waals surface area contributed by atoms with Crippen LogP contribution in [0.5, 0.6) is 0 Å². The Morgan fingerprint density at radius 1 is 1.20 bits per heavy atom. The third-order valence-corrected chi connectivity index (χ3v) is 7.10. The molecule has 2 bridgehead atoms. The third kappa shape index (κ3) is 4.55. The van der Waals surface area contributed by atoms with Gasteiger partial charge in [0.2, 0.25) is 5.95 Å². The minimum Gasteiger partial charge on any atom is -0.366 e. The van der Waals surface area contributed by atoms with Crippen LogP contribution in [0.2, 0.25) is 0 Å². The Hall–Kier alpha value is -4.73. The number of nitrogens with one attached hydrogen (secondary N) is 2. The maximum Gasteiger partial charge on any atom is 0.442 e. The molecule has 2 N–H and O–H groups in total. The highest BCUT2D eigenvalue weighted by molar-refractivity contribution is 6.04. The molecule has 2 amide bonds. The molecule has 3 aliphatic heterocycles. The van der Waals surface area contributed by atoms with Gasteiger partial charge < -0.3 is 10.2 Å². The van der Waals surface area contributed by atoms with Gasteiger partial charge in [0.1, 0.15) is 5.82 Å². The standard InChI is InChI=1S/C27H24F3N9O.H2/c1-2-3-4-12-31-24-32-13-10-22(34-24)35-25(40)39-19-11-14-38(16-19)21-9-8-20(33-23(21)39)17-6-5-7-18(15-17)26(36-37-26)27(28,29)30;/h1,5-10,13,15,19H,3-4,11-12,14,16H2,(H2,31,32,34,35,40);1H/t19-;/m0./s1. The number of terminal acetylenes is 1. The number of urea groups is 1. The van der Waals surface area contributed by atoms with Crippen LogP contribution in [0, 0.1) is 12.3 Å². The molecule has 2 aromatic heterocycles. The van der Waals surface area contributed by atoms with Crippen LogP contribution >= 0.6 is 0 Å². The van der Waals surface area contributed by atoms with Gasteiger partial charge in [0, 0.05) is 44.8 Å². The number of rotatable bonds is 7. The minimum absolute atomic E-state index is 0. The van der Waals surface area contributed by atoms with Gasteiger partial charge in [0.15, 0.2) is 5.82 Å². The van der Waals surface area contributed by atoms with Gasteiger partial charge in [-0.1, -0.05) is 18.2 Å². The van der Waals surface area contributed by atoms with Gasteiger partial charge in [0.25, 0.3) is 0 Å². The molecule has 1 fully saturated rings. The van der Waals surface area contributed by atoms with E-state index in [1.54, 1.807) is 29.3 Å². The molecule has 0 saturated carbocycles. The Labute approximate surface area is 229 Å². The van der Waals surface area contributed by atoms with Gasteiger partial charge >= 0.3 is 17.9 Å². The molecule has 5 heterocycles. The Kier molecular flexibility index (Phi) is 6.25. The molecule has 0 unspecified atom stereocenters. The van der Waals surface area contributed by atoms with Crippen LogP contribution in [0.25, 0.3) is 11.3 Å². The van der Waals surface area contributed by atoms with E-state index in [0.29, 0.717) is 48.4 Å². The summed E-state index contributed by atoms with van der Waals surface area (Å²) in [7, 11) is 0. The van der Waals surface area contributed by atoms with Crippen molar-refractivity contribution in [1.29, 1.82) is 0 Å². The second kappa shape index (κ2) is 9.78. The molecule has 6 rings (SSSR count). The maximum absolute atomic E-state index is 13.6. The molecular formula is C27H26F3N9O. The van der Waals surface area contributed by atoms with Crippen molar-refractivity contribution in [2.75, 3.05) is 40.1 Å². The summed E-state index contributed by atoms with van der Waals surface area (Å²) >= 11 is 0. The van der Waals surface area contributed by atoms with Crippen molar-refractivity contribution in [1.82, 2.24) is 15.0 Å². The third-order valence-electron chi connectivity index (χ3n) is 7.10. The Morgan fingerprint density at radius 2 is 2.05 bits per heavy atom. The Bertz CT molecular complexity index is 1530. The van der Waals surface area contributed by atoms with E-state index in [-0.39, 0.29) is 13.0 Å². The van der Waals surface area contributed by atoms with Gasteiger partial charge in [-0.05, 0) is 37.1 Å². The molecule has 3 aromatic rings. The molecule has 206 valence electrons. The topological polar surface area (TPSA) is 111 Å². The van der Waals surface area contributed by atoms with Crippen LogP contribution in [0.4, 0.5) is 41.2 Å². The number of aromatic nitrogens is 3. The molecule has 10 nitrogen and oxygen atoms in total. The molecular weight excluding hydrogens is 523 g/mol. The first-order valence-corrected chi connectivity index (χ1v) is 12.8. The Balaban J connectivity index is 0.00000337. The molecule has 40 heavy (non-hydrogen) atoms. The van der Waals surface area contributed by atoms with E-state index in [2.05, 4.69) is 41.7 Å². The minimum atomic E-state index is -4.63.